The van der Waals surface area contributed by atoms with E-state index in [1.165, 1.54) is 12.8 Å². The molecule has 2 fully saturated rings. The fourth-order valence-corrected chi connectivity index (χ4v) is 3.11. The molecule has 3 atom stereocenters. The molecule has 110 valence electrons. The number of carbonyl (C=O) groups is 1. The lowest BCUT2D eigenvalue weighted by Crippen LogP contribution is -2.53. The van der Waals surface area contributed by atoms with Gasteiger partial charge in [0.05, 0.1) is 18.8 Å². The van der Waals surface area contributed by atoms with Crippen LogP contribution in [0.3, 0.4) is 0 Å². The second-order valence-electron chi connectivity index (χ2n) is 5.92. The Hall–Kier alpha value is -0.650. The van der Waals surface area contributed by atoms with Gasteiger partial charge in [-0.3, -0.25) is 9.69 Å². The summed E-state index contributed by atoms with van der Waals surface area (Å²) in [5.41, 5.74) is 0. The van der Waals surface area contributed by atoms with E-state index in [0.717, 1.165) is 26.2 Å². The van der Waals surface area contributed by atoms with Crippen LogP contribution in [-0.2, 0) is 9.53 Å². The summed E-state index contributed by atoms with van der Waals surface area (Å²) in [6.07, 6.45) is 2.69. The third-order valence-electron chi connectivity index (χ3n) is 4.04. The number of rotatable bonds is 3. The van der Waals surface area contributed by atoms with Crippen LogP contribution in [0.2, 0.25) is 0 Å². The van der Waals surface area contributed by atoms with Crippen molar-refractivity contribution < 1.29 is 9.53 Å². The Morgan fingerprint density at radius 1 is 1.26 bits per heavy atom. The van der Waals surface area contributed by atoms with Crippen molar-refractivity contribution in [3.63, 3.8) is 0 Å². The first-order valence-corrected chi connectivity index (χ1v) is 7.41. The van der Waals surface area contributed by atoms with Gasteiger partial charge < -0.3 is 15.0 Å². The molecule has 2 saturated heterocycles. The summed E-state index contributed by atoms with van der Waals surface area (Å²) in [7, 11) is 2.00. The molecule has 0 bridgehead atoms. The molecule has 5 nitrogen and oxygen atoms in total. The Morgan fingerprint density at radius 2 is 1.95 bits per heavy atom. The molecule has 1 N–H and O–H groups in total. The molecule has 5 heteroatoms. The highest BCUT2D eigenvalue weighted by atomic mass is 16.5. The van der Waals surface area contributed by atoms with E-state index in [9.17, 15) is 4.79 Å². The van der Waals surface area contributed by atoms with Crippen LogP contribution >= 0.6 is 0 Å². The summed E-state index contributed by atoms with van der Waals surface area (Å²) >= 11 is 0. The molecule has 0 aromatic heterocycles. The molecule has 1 amide bonds. The van der Waals surface area contributed by atoms with Crippen molar-refractivity contribution in [2.24, 2.45) is 0 Å². The molecular formula is C14H27N3O2. The van der Waals surface area contributed by atoms with Gasteiger partial charge in [-0.1, -0.05) is 0 Å². The highest BCUT2D eigenvalue weighted by Gasteiger charge is 2.28. The largest absolute Gasteiger partial charge is 0.372 e. The lowest BCUT2D eigenvalue weighted by molar-refractivity contribution is -0.144. The van der Waals surface area contributed by atoms with Crippen molar-refractivity contribution in [3.8, 4) is 0 Å². The Balaban J connectivity index is 1.83. The molecule has 19 heavy (non-hydrogen) atoms. The molecule has 0 aliphatic carbocycles. The van der Waals surface area contributed by atoms with E-state index in [2.05, 4.69) is 10.2 Å². The molecule has 2 heterocycles. The summed E-state index contributed by atoms with van der Waals surface area (Å²) in [4.78, 5) is 16.6. The molecule has 0 radical (unpaired) electrons. The third-order valence-corrected chi connectivity index (χ3v) is 4.04. The Kier molecular flexibility index (Phi) is 5.19. The van der Waals surface area contributed by atoms with Gasteiger partial charge in [-0.2, -0.15) is 0 Å². The van der Waals surface area contributed by atoms with E-state index in [1.54, 1.807) is 0 Å². The molecule has 0 saturated carbocycles. The average molecular weight is 269 g/mol. The van der Waals surface area contributed by atoms with E-state index in [1.807, 2.05) is 25.8 Å². The minimum absolute atomic E-state index is 0.152. The number of hydrogen-bond donors (Lipinski definition) is 1. The van der Waals surface area contributed by atoms with Crippen LogP contribution in [0.4, 0.5) is 0 Å². The fourth-order valence-electron chi connectivity index (χ4n) is 3.11. The van der Waals surface area contributed by atoms with E-state index in [4.69, 9.17) is 4.74 Å². The highest BCUT2D eigenvalue weighted by Crippen LogP contribution is 2.13. The number of morpholine rings is 1. The zero-order valence-corrected chi connectivity index (χ0v) is 12.4. The van der Waals surface area contributed by atoms with Gasteiger partial charge in [0.15, 0.2) is 0 Å². The maximum Gasteiger partial charge on any atom is 0.236 e. The van der Waals surface area contributed by atoms with Gasteiger partial charge in [0.25, 0.3) is 0 Å². The summed E-state index contributed by atoms with van der Waals surface area (Å²) in [5.74, 6) is 0.249. The minimum atomic E-state index is 0.152. The first-order chi connectivity index (χ1) is 9.08. The van der Waals surface area contributed by atoms with Gasteiger partial charge in [-0.05, 0) is 40.3 Å². The van der Waals surface area contributed by atoms with Gasteiger partial charge in [0, 0.05) is 25.7 Å². The Bertz CT molecular complexity index is 301. The van der Waals surface area contributed by atoms with Gasteiger partial charge >= 0.3 is 0 Å². The van der Waals surface area contributed by atoms with Crippen molar-refractivity contribution in [3.05, 3.63) is 0 Å². The molecule has 3 unspecified atom stereocenters. The second kappa shape index (κ2) is 6.68. The van der Waals surface area contributed by atoms with Crippen LogP contribution in [0, 0.1) is 0 Å². The quantitative estimate of drug-likeness (QED) is 0.801. The SMILES string of the molecule is CNC1CCCN(CC(=O)N2CC(C)OC(C)C2)C1. The number of nitrogens with one attached hydrogen (secondary N) is 1. The van der Waals surface area contributed by atoms with E-state index in [0.29, 0.717) is 12.6 Å². The van der Waals surface area contributed by atoms with Crippen molar-refractivity contribution >= 4 is 5.91 Å². The predicted octanol–water partition coefficient (Wildman–Crippen LogP) is 0.306. The van der Waals surface area contributed by atoms with Crippen LogP contribution in [0.15, 0.2) is 0 Å². The molecule has 2 aliphatic heterocycles. The third kappa shape index (κ3) is 4.16. The maximum atomic E-state index is 12.4. The average Bonchev–Trinajstić information content (AvgIpc) is 2.37. The zero-order valence-electron chi connectivity index (χ0n) is 12.4. The van der Waals surface area contributed by atoms with Crippen LogP contribution in [0.5, 0.6) is 0 Å². The van der Waals surface area contributed by atoms with E-state index >= 15 is 0 Å². The monoisotopic (exact) mass is 269 g/mol. The lowest BCUT2D eigenvalue weighted by Gasteiger charge is -2.38. The maximum absolute atomic E-state index is 12.4. The number of likely N-dealkylation sites (tertiary alicyclic amines) is 1. The molecule has 0 spiro atoms. The Morgan fingerprint density at radius 3 is 2.58 bits per heavy atom. The molecule has 2 aliphatic rings. The van der Waals surface area contributed by atoms with Crippen molar-refractivity contribution in [1.29, 1.82) is 0 Å². The second-order valence-corrected chi connectivity index (χ2v) is 5.92. The predicted molar refractivity (Wildman–Crippen MR) is 75.1 cm³/mol. The van der Waals surface area contributed by atoms with E-state index < -0.39 is 0 Å². The number of piperidine rings is 1. The van der Waals surface area contributed by atoms with Crippen molar-refractivity contribution in [2.75, 3.05) is 39.8 Å². The van der Waals surface area contributed by atoms with Crippen molar-refractivity contribution in [1.82, 2.24) is 15.1 Å². The topological polar surface area (TPSA) is 44.8 Å². The van der Waals surface area contributed by atoms with Gasteiger partial charge in [-0.25, -0.2) is 0 Å². The standard InChI is InChI=1S/C14H27N3O2/c1-11-7-17(8-12(2)19-11)14(18)10-16-6-4-5-13(9-16)15-3/h11-13,15H,4-10H2,1-3H3. The summed E-state index contributed by atoms with van der Waals surface area (Å²) in [6.45, 7) is 8.11. The number of nitrogens with zero attached hydrogens (tertiary/aromatic N) is 2. The van der Waals surface area contributed by atoms with E-state index in [-0.39, 0.29) is 18.1 Å². The number of hydrogen-bond acceptors (Lipinski definition) is 4. The first kappa shape index (κ1) is 14.8. The number of ether oxygens (including phenoxy) is 1. The van der Waals surface area contributed by atoms with Crippen LogP contribution in [0.1, 0.15) is 26.7 Å². The normalized spacial score (nSPS) is 33.4. The van der Waals surface area contributed by atoms with Gasteiger partial charge in [0.2, 0.25) is 5.91 Å². The zero-order chi connectivity index (χ0) is 13.8. The smallest absolute Gasteiger partial charge is 0.236 e. The molecule has 0 aromatic carbocycles. The van der Waals surface area contributed by atoms with Gasteiger partial charge in [-0.15, -0.1) is 0 Å². The fraction of sp³-hybridized carbons (Fsp3) is 0.929. The highest BCUT2D eigenvalue weighted by molar-refractivity contribution is 5.78. The van der Waals surface area contributed by atoms with Crippen LogP contribution in [0.25, 0.3) is 0 Å². The number of amides is 1. The summed E-state index contributed by atoms with van der Waals surface area (Å²) < 4.78 is 5.67. The minimum Gasteiger partial charge on any atom is -0.372 e. The lowest BCUT2D eigenvalue weighted by atomic mass is 10.1. The Labute approximate surface area is 116 Å². The first-order valence-electron chi connectivity index (χ1n) is 7.41. The van der Waals surface area contributed by atoms with Gasteiger partial charge in [0.1, 0.15) is 0 Å². The van der Waals surface area contributed by atoms with Crippen LogP contribution in [-0.4, -0.2) is 73.7 Å². The molecule has 2 rings (SSSR count). The number of likely N-dealkylation sites (N-methyl/N-ethyl adjacent to an activating group) is 1. The molecule has 0 aromatic rings. The van der Waals surface area contributed by atoms with Crippen LogP contribution < -0.4 is 5.32 Å². The van der Waals surface area contributed by atoms with Crippen molar-refractivity contribution in [2.45, 2.75) is 44.9 Å². The summed E-state index contributed by atoms with van der Waals surface area (Å²) in [5, 5.41) is 3.31. The summed E-state index contributed by atoms with van der Waals surface area (Å²) in [6, 6.07) is 0.532. The number of carbonyl (C=O) groups excluding carboxylic acids is 1. The molecular weight excluding hydrogens is 242 g/mol.